The molecule has 1 aliphatic rings. The number of hydrogen-bond acceptors (Lipinski definition) is 1. The lowest BCUT2D eigenvalue weighted by Gasteiger charge is -2.31. The smallest absolute Gasteiger partial charge is 0.226 e. The van der Waals surface area contributed by atoms with E-state index < -0.39 is 0 Å². The predicted molar refractivity (Wildman–Crippen MR) is 107 cm³/mol. The molecule has 1 saturated carbocycles. The molecule has 0 bridgehead atoms. The van der Waals surface area contributed by atoms with E-state index in [0.29, 0.717) is 12.5 Å². The van der Waals surface area contributed by atoms with Gasteiger partial charge in [0.05, 0.1) is 6.54 Å². The van der Waals surface area contributed by atoms with Crippen molar-refractivity contribution in [2.24, 2.45) is 5.92 Å². The number of rotatable bonds is 7. The molecule has 140 valence electrons. The monoisotopic (exact) mass is 372 g/mol. The highest BCUT2D eigenvalue weighted by atomic mass is 35.5. The molecular formula is C22H29ClN2O. The summed E-state index contributed by atoms with van der Waals surface area (Å²) in [6.45, 7) is 5.71. The van der Waals surface area contributed by atoms with E-state index in [9.17, 15) is 4.79 Å². The number of carbonyl (C=O) groups excluding carboxylic acids is 1. The first kappa shape index (κ1) is 19.0. The van der Waals surface area contributed by atoms with Gasteiger partial charge < -0.3 is 9.47 Å². The zero-order chi connectivity index (χ0) is 18.5. The lowest BCUT2D eigenvalue weighted by Crippen LogP contribution is -2.41. The van der Waals surface area contributed by atoms with Crippen molar-refractivity contribution in [3.05, 3.63) is 58.9 Å². The second kappa shape index (κ2) is 8.77. The fourth-order valence-electron chi connectivity index (χ4n) is 3.81. The zero-order valence-electron chi connectivity index (χ0n) is 15.8. The fourth-order valence-corrected chi connectivity index (χ4v) is 4.01. The lowest BCUT2D eigenvalue weighted by atomic mass is 10.0. The average molecular weight is 373 g/mol. The maximum absolute atomic E-state index is 13.1. The molecule has 1 aromatic heterocycles. The van der Waals surface area contributed by atoms with E-state index in [1.54, 1.807) is 0 Å². The summed E-state index contributed by atoms with van der Waals surface area (Å²) in [5.41, 5.74) is 2.26. The first-order valence-corrected chi connectivity index (χ1v) is 10.2. The van der Waals surface area contributed by atoms with E-state index in [-0.39, 0.29) is 12.0 Å². The quantitative estimate of drug-likeness (QED) is 0.629. The summed E-state index contributed by atoms with van der Waals surface area (Å²) in [5, 5.41) is 0.785. The molecule has 0 aliphatic heterocycles. The van der Waals surface area contributed by atoms with E-state index in [1.807, 2.05) is 18.2 Å². The Labute approximate surface area is 162 Å². The third-order valence-corrected chi connectivity index (χ3v) is 6.03. The normalized spacial score (nSPS) is 16.0. The third kappa shape index (κ3) is 4.32. The summed E-state index contributed by atoms with van der Waals surface area (Å²) in [4.78, 5) is 15.2. The first-order valence-electron chi connectivity index (χ1n) is 9.78. The largest absolute Gasteiger partial charge is 0.345 e. The maximum Gasteiger partial charge on any atom is 0.226 e. The summed E-state index contributed by atoms with van der Waals surface area (Å²) < 4.78 is 2.21. The molecule has 3 nitrogen and oxygen atoms in total. The van der Waals surface area contributed by atoms with Gasteiger partial charge in [-0.15, -0.1) is 0 Å². The summed E-state index contributed by atoms with van der Waals surface area (Å²) in [6.07, 6.45) is 7.53. The topological polar surface area (TPSA) is 25.2 Å². The lowest BCUT2D eigenvalue weighted by molar-refractivity contribution is -0.138. The minimum Gasteiger partial charge on any atom is -0.345 e. The van der Waals surface area contributed by atoms with Crippen LogP contribution in [0.15, 0.2) is 42.6 Å². The molecule has 26 heavy (non-hydrogen) atoms. The van der Waals surface area contributed by atoms with Crippen LogP contribution in [0.5, 0.6) is 0 Å². The Morgan fingerprint density at radius 2 is 1.96 bits per heavy atom. The summed E-state index contributed by atoms with van der Waals surface area (Å²) in [5.74, 6) is 0.554. The molecule has 0 spiro atoms. The molecule has 4 heteroatoms. The highest BCUT2D eigenvalue weighted by Crippen LogP contribution is 2.28. The number of halogens is 1. The number of benzene rings is 1. The van der Waals surface area contributed by atoms with Crippen molar-refractivity contribution in [2.45, 2.75) is 65.1 Å². The van der Waals surface area contributed by atoms with Crippen LogP contribution in [0.3, 0.4) is 0 Å². The van der Waals surface area contributed by atoms with Crippen molar-refractivity contribution in [1.82, 2.24) is 9.47 Å². The van der Waals surface area contributed by atoms with Crippen LogP contribution in [0.25, 0.3) is 0 Å². The van der Waals surface area contributed by atoms with Crippen LogP contribution in [0.1, 0.15) is 57.2 Å². The molecule has 0 saturated heterocycles. The third-order valence-electron chi connectivity index (χ3n) is 5.66. The molecule has 2 aromatic rings. The fraction of sp³-hybridized carbons (Fsp3) is 0.500. The standard InChI is InChI=1S/C22H29ClN2O/c1-3-17(2)25(22(26)18-9-4-5-10-18)16-20-12-8-14-24(20)15-19-11-6-7-13-21(19)23/h6-8,11-14,17-18H,3-5,9-10,15-16H2,1-2H3/t17-/m1/s1. The number of hydrogen-bond donors (Lipinski definition) is 0. The molecular weight excluding hydrogens is 344 g/mol. The molecule has 1 atom stereocenters. The van der Waals surface area contributed by atoms with E-state index in [0.717, 1.165) is 42.1 Å². The Bertz CT molecular complexity index is 733. The average Bonchev–Trinajstić information content (AvgIpc) is 3.32. The van der Waals surface area contributed by atoms with Crippen molar-refractivity contribution in [3.63, 3.8) is 0 Å². The predicted octanol–water partition coefficient (Wildman–Crippen LogP) is 5.51. The number of aromatic nitrogens is 1. The van der Waals surface area contributed by atoms with Gasteiger partial charge in [0, 0.05) is 35.4 Å². The van der Waals surface area contributed by atoms with Gasteiger partial charge in [0.15, 0.2) is 0 Å². The molecule has 1 heterocycles. The van der Waals surface area contributed by atoms with Gasteiger partial charge >= 0.3 is 0 Å². The van der Waals surface area contributed by atoms with Crippen molar-refractivity contribution in [1.29, 1.82) is 0 Å². The van der Waals surface area contributed by atoms with E-state index in [4.69, 9.17) is 11.6 Å². The second-order valence-corrected chi connectivity index (χ2v) is 7.83. The molecule has 0 unspecified atom stereocenters. The van der Waals surface area contributed by atoms with Gasteiger partial charge in [-0.3, -0.25) is 4.79 Å². The second-order valence-electron chi connectivity index (χ2n) is 7.42. The minimum absolute atomic E-state index is 0.219. The summed E-state index contributed by atoms with van der Waals surface area (Å²) in [7, 11) is 0. The van der Waals surface area contributed by atoms with Gasteiger partial charge in [0.2, 0.25) is 5.91 Å². The Balaban J connectivity index is 1.78. The van der Waals surface area contributed by atoms with Gasteiger partial charge in [-0.1, -0.05) is 49.6 Å². The summed E-state index contributed by atoms with van der Waals surface area (Å²) >= 11 is 6.33. The van der Waals surface area contributed by atoms with Crippen LogP contribution >= 0.6 is 11.6 Å². The van der Waals surface area contributed by atoms with Crippen LogP contribution in [0.2, 0.25) is 5.02 Å². The number of amides is 1. The molecule has 0 radical (unpaired) electrons. The van der Waals surface area contributed by atoms with Gasteiger partial charge in [-0.05, 0) is 49.9 Å². The SMILES string of the molecule is CC[C@@H](C)N(Cc1cccn1Cc1ccccc1Cl)C(=O)C1CCCC1. The number of carbonyl (C=O) groups is 1. The highest BCUT2D eigenvalue weighted by Gasteiger charge is 2.29. The van der Waals surface area contributed by atoms with Crippen molar-refractivity contribution < 1.29 is 4.79 Å². The Hall–Kier alpha value is -1.74. The van der Waals surface area contributed by atoms with Gasteiger partial charge in [0.25, 0.3) is 0 Å². The molecule has 1 aliphatic carbocycles. The van der Waals surface area contributed by atoms with Crippen LogP contribution in [-0.2, 0) is 17.9 Å². The van der Waals surface area contributed by atoms with E-state index in [1.165, 1.54) is 12.8 Å². The number of nitrogens with zero attached hydrogens (tertiary/aromatic N) is 2. The van der Waals surface area contributed by atoms with E-state index in [2.05, 4.69) is 47.7 Å². The molecule has 1 fully saturated rings. The zero-order valence-corrected chi connectivity index (χ0v) is 16.6. The molecule has 0 N–H and O–H groups in total. The van der Waals surface area contributed by atoms with Crippen LogP contribution < -0.4 is 0 Å². The van der Waals surface area contributed by atoms with Crippen molar-refractivity contribution >= 4 is 17.5 Å². The van der Waals surface area contributed by atoms with Crippen molar-refractivity contribution in [3.8, 4) is 0 Å². The highest BCUT2D eigenvalue weighted by molar-refractivity contribution is 6.31. The first-order chi connectivity index (χ1) is 12.6. The molecule has 1 aromatic carbocycles. The van der Waals surface area contributed by atoms with Gasteiger partial charge in [0.1, 0.15) is 0 Å². The maximum atomic E-state index is 13.1. The van der Waals surface area contributed by atoms with Gasteiger partial charge in [-0.2, -0.15) is 0 Å². The van der Waals surface area contributed by atoms with Crippen molar-refractivity contribution in [2.75, 3.05) is 0 Å². The minimum atomic E-state index is 0.219. The Morgan fingerprint density at radius 3 is 2.65 bits per heavy atom. The van der Waals surface area contributed by atoms with Crippen LogP contribution in [0, 0.1) is 5.92 Å². The molecule has 1 amide bonds. The van der Waals surface area contributed by atoms with Crippen LogP contribution in [0.4, 0.5) is 0 Å². The van der Waals surface area contributed by atoms with Crippen LogP contribution in [-0.4, -0.2) is 21.4 Å². The Morgan fingerprint density at radius 1 is 1.23 bits per heavy atom. The van der Waals surface area contributed by atoms with Gasteiger partial charge in [-0.25, -0.2) is 0 Å². The summed E-state index contributed by atoms with van der Waals surface area (Å²) in [6, 6.07) is 12.4. The molecule has 3 rings (SSSR count). The van der Waals surface area contributed by atoms with E-state index >= 15 is 0 Å². The Kier molecular flexibility index (Phi) is 6.42.